The van der Waals surface area contributed by atoms with Gasteiger partial charge >= 0.3 is 0 Å². The maximum absolute atomic E-state index is 13.2. The van der Waals surface area contributed by atoms with Gasteiger partial charge in [-0.1, -0.05) is 25.4 Å². The van der Waals surface area contributed by atoms with Crippen LogP contribution in [0.25, 0.3) is 10.4 Å². The van der Waals surface area contributed by atoms with E-state index in [1.54, 1.807) is 11.3 Å². The molecule has 5 heteroatoms. The summed E-state index contributed by atoms with van der Waals surface area (Å²) in [6, 6.07) is 6.74. The van der Waals surface area contributed by atoms with Gasteiger partial charge in [-0.05, 0) is 46.1 Å². The minimum absolute atomic E-state index is 0.0109. The van der Waals surface area contributed by atoms with Gasteiger partial charge in [0.1, 0.15) is 5.82 Å². The summed E-state index contributed by atoms with van der Waals surface area (Å²) in [7, 11) is 0. The maximum atomic E-state index is 13.2. The number of thiophene rings is 1. The van der Waals surface area contributed by atoms with Crippen LogP contribution in [0.2, 0.25) is 5.02 Å². The first-order chi connectivity index (χ1) is 8.90. The lowest BCUT2D eigenvalue weighted by Crippen LogP contribution is -2.14. The molecule has 0 fully saturated rings. The summed E-state index contributed by atoms with van der Waals surface area (Å²) in [4.78, 5) is 2.10. The zero-order valence-corrected chi connectivity index (χ0v) is 13.7. The highest BCUT2D eigenvalue weighted by Gasteiger charge is 2.16. The quantitative estimate of drug-likeness (QED) is 0.752. The van der Waals surface area contributed by atoms with Crippen molar-refractivity contribution in [2.45, 2.75) is 19.9 Å². The minimum atomic E-state index is -0.351. The molecule has 0 saturated heterocycles. The van der Waals surface area contributed by atoms with Crippen molar-refractivity contribution in [2.75, 3.05) is 0 Å². The second-order valence-corrected chi connectivity index (χ2v) is 7.09. The molecule has 1 aromatic heterocycles. The third-order valence-electron chi connectivity index (χ3n) is 2.93. The van der Waals surface area contributed by atoms with E-state index in [4.69, 9.17) is 17.3 Å². The Labute approximate surface area is 129 Å². The molecule has 0 bridgehead atoms. The van der Waals surface area contributed by atoms with Gasteiger partial charge in [0.25, 0.3) is 0 Å². The Morgan fingerprint density at radius 2 is 2.00 bits per heavy atom. The van der Waals surface area contributed by atoms with Crippen LogP contribution < -0.4 is 5.73 Å². The zero-order chi connectivity index (χ0) is 14.2. The highest BCUT2D eigenvalue weighted by molar-refractivity contribution is 9.10. The molecule has 2 rings (SSSR count). The summed E-state index contributed by atoms with van der Waals surface area (Å²) in [6.45, 7) is 4.18. The van der Waals surface area contributed by atoms with Gasteiger partial charge in [0.15, 0.2) is 0 Å². The zero-order valence-electron chi connectivity index (χ0n) is 10.6. The molecule has 1 aromatic carbocycles. The molecule has 2 aromatic rings. The van der Waals surface area contributed by atoms with Crippen LogP contribution in [0, 0.1) is 11.7 Å². The summed E-state index contributed by atoms with van der Waals surface area (Å²) in [5.41, 5.74) is 6.95. The Morgan fingerprint density at radius 1 is 1.32 bits per heavy atom. The molecule has 0 saturated carbocycles. The SMILES string of the molecule is CC(C)C(N)c1ccc(-c2c(Cl)cc(F)cc2Br)s1. The van der Waals surface area contributed by atoms with Gasteiger partial charge in [0.05, 0.1) is 5.02 Å². The van der Waals surface area contributed by atoms with E-state index in [-0.39, 0.29) is 11.9 Å². The molecule has 102 valence electrons. The number of halogens is 3. The van der Waals surface area contributed by atoms with Crippen LogP contribution >= 0.6 is 38.9 Å². The second kappa shape index (κ2) is 5.92. The lowest BCUT2D eigenvalue weighted by atomic mass is 10.0. The molecule has 0 spiro atoms. The molecular formula is C14H14BrClFNS. The van der Waals surface area contributed by atoms with Gasteiger partial charge in [-0.2, -0.15) is 0 Å². The van der Waals surface area contributed by atoms with Gasteiger partial charge < -0.3 is 5.73 Å². The fourth-order valence-corrected chi connectivity index (χ4v) is 4.28. The normalized spacial score (nSPS) is 13.0. The average Bonchev–Trinajstić information content (AvgIpc) is 2.75. The van der Waals surface area contributed by atoms with E-state index < -0.39 is 0 Å². The molecule has 0 aliphatic carbocycles. The summed E-state index contributed by atoms with van der Waals surface area (Å²) in [5.74, 6) is 0.0231. The van der Waals surface area contributed by atoms with Crippen molar-refractivity contribution in [3.05, 3.63) is 44.5 Å². The lowest BCUT2D eigenvalue weighted by Gasteiger charge is -2.13. The average molecular weight is 363 g/mol. The number of nitrogens with two attached hydrogens (primary N) is 1. The molecule has 0 radical (unpaired) electrons. The fraction of sp³-hybridized carbons (Fsp3) is 0.286. The molecule has 0 amide bonds. The topological polar surface area (TPSA) is 26.0 Å². The maximum Gasteiger partial charge on any atom is 0.125 e. The van der Waals surface area contributed by atoms with E-state index >= 15 is 0 Å². The number of hydrogen-bond acceptors (Lipinski definition) is 2. The van der Waals surface area contributed by atoms with Crippen molar-refractivity contribution in [1.82, 2.24) is 0 Å². The number of hydrogen-bond donors (Lipinski definition) is 1. The van der Waals surface area contributed by atoms with Crippen LogP contribution in [-0.4, -0.2) is 0 Å². The summed E-state index contributed by atoms with van der Waals surface area (Å²) in [6.07, 6.45) is 0. The van der Waals surface area contributed by atoms with E-state index in [0.29, 0.717) is 15.4 Å². The third-order valence-corrected chi connectivity index (χ3v) is 5.05. The van der Waals surface area contributed by atoms with Crippen molar-refractivity contribution in [3.8, 4) is 10.4 Å². The summed E-state index contributed by atoms with van der Waals surface area (Å²) < 4.78 is 13.9. The third kappa shape index (κ3) is 3.19. The Kier molecular flexibility index (Phi) is 4.66. The van der Waals surface area contributed by atoms with Crippen LogP contribution in [-0.2, 0) is 0 Å². The second-order valence-electron chi connectivity index (χ2n) is 4.72. The molecule has 1 nitrogen and oxygen atoms in total. The Balaban J connectivity index is 2.44. The van der Waals surface area contributed by atoms with Crippen molar-refractivity contribution in [2.24, 2.45) is 11.7 Å². The molecule has 0 aliphatic heterocycles. The Morgan fingerprint density at radius 3 is 2.58 bits per heavy atom. The smallest absolute Gasteiger partial charge is 0.125 e. The first kappa shape index (κ1) is 15.0. The van der Waals surface area contributed by atoms with Crippen LogP contribution in [0.1, 0.15) is 24.8 Å². The van der Waals surface area contributed by atoms with E-state index in [9.17, 15) is 4.39 Å². The van der Waals surface area contributed by atoms with Crippen LogP contribution in [0.15, 0.2) is 28.7 Å². The van der Waals surface area contributed by atoms with Crippen LogP contribution in [0.4, 0.5) is 4.39 Å². The monoisotopic (exact) mass is 361 g/mol. The van der Waals surface area contributed by atoms with E-state index in [0.717, 1.165) is 15.3 Å². The first-order valence-electron chi connectivity index (χ1n) is 5.90. The van der Waals surface area contributed by atoms with Gasteiger partial charge in [0, 0.05) is 25.8 Å². The van der Waals surface area contributed by atoms with E-state index in [1.807, 2.05) is 12.1 Å². The summed E-state index contributed by atoms with van der Waals surface area (Å²) in [5, 5.41) is 0.401. The standard InChI is InChI=1S/C14H14BrClFNS/c1-7(2)14(18)12-4-3-11(19-12)13-9(15)5-8(17)6-10(13)16/h3-7,14H,18H2,1-2H3. The largest absolute Gasteiger partial charge is 0.323 e. The van der Waals surface area contributed by atoms with E-state index in [2.05, 4.69) is 29.8 Å². The highest BCUT2D eigenvalue weighted by atomic mass is 79.9. The van der Waals surface area contributed by atoms with Crippen molar-refractivity contribution in [3.63, 3.8) is 0 Å². The fourth-order valence-electron chi connectivity index (χ4n) is 1.77. The highest BCUT2D eigenvalue weighted by Crippen LogP contribution is 2.40. The van der Waals surface area contributed by atoms with Crippen molar-refractivity contribution < 1.29 is 4.39 Å². The molecule has 19 heavy (non-hydrogen) atoms. The van der Waals surface area contributed by atoms with Gasteiger partial charge in [-0.3, -0.25) is 0 Å². The predicted molar refractivity (Wildman–Crippen MR) is 84.2 cm³/mol. The molecule has 0 aliphatic rings. The predicted octanol–water partition coefficient (Wildman–Crippen LogP) is 5.63. The molecular weight excluding hydrogens is 349 g/mol. The lowest BCUT2D eigenvalue weighted by molar-refractivity contribution is 0.521. The molecule has 1 heterocycles. The van der Waals surface area contributed by atoms with Gasteiger partial charge in [-0.25, -0.2) is 4.39 Å². The molecule has 1 unspecified atom stereocenters. The Hall–Kier alpha value is -0.420. The molecule has 1 atom stereocenters. The van der Waals surface area contributed by atoms with Gasteiger partial charge in [-0.15, -0.1) is 11.3 Å². The minimum Gasteiger partial charge on any atom is -0.323 e. The van der Waals surface area contributed by atoms with E-state index in [1.165, 1.54) is 12.1 Å². The Bertz CT molecular complexity index is 574. The van der Waals surface area contributed by atoms with Crippen molar-refractivity contribution >= 4 is 38.9 Å². The first-order valence-corrected chi connectivity index (χ1v) is 7.89. The van der Waals surface area contributed by atoms with Gasteiger partial charge in [0.2, 0.25) is 0 Å². The summed E-state index contributed by atoms with van der Waals surface area (Å²) >= 11 is 11.1. The van der Waals surface area contributed by atoms with Crippen LogP contribution in [0.5, 0.6) is 0 Å². The van der Waals surface area contributed by atoms with Crippen LogP contribution in [0.3, 0.4) is 0 Å². The van der Waals surface area contributed by atoms with Crippen molar-refractivity contribution in [1.29, 1.82) is 0 Å². The molecule has 2 N–H and O–H groups in total. The number of rotatable bonds is 3. The number of benzene rings is 1.